The maximum atomic E-state index is 2.45. The molecule has 0 spiro atoms. The van der Waals surface area contributed by atoms with Crippen molar-refractivity contribution in [1.82, 2.24) is 8.97 Å². The van der Waals surface area contributed by atoms with E-state index >= 15 is 0 Å². The number of aromatic nitrogens is 2. The lowest BCUT2D eigenvalue weighted by Gasteiger charge is -2.35. The largest absolute Gasteiger partial charge is 0.311 e. The van der Waals surface area contributed by atoms with Gasteiger partial charge in [0, 0.05) is 55.1 Å². The minimum absolute atomic E-state index is 1.09. The van der Waals surface area contributed by atoms with E-state index in [4.69, 9.17) is 0 Å². The Labute approximate surface area is 442 Å². The van der Waals surface area contributed by atoms with Crippen LogP contribution >= 0.6 is 0 Å². The second kappa shape index (κ2) is 17.7. The molecule has 76 heavy (non-hydrogen) atoms. The molecule has 0 bridgehead atoms. The molecule has 0 amide bonds. The van der Waals surface area contributed by atoms with Gasteiger partial charge in [0.05, 0.1) is 27.6 Å². The van der Waals surface area contributed by atoms with Crippen LogP contribution in [-0.2, 0) is 0 Å². The van der Waals surface area contributed by atoms with Crippen LogP contribution in [0.1, 0.15) is 0 Å². The number of hydrogen-bond acceptors (Lipinski definition) is 1. The number of anilines is 3. The van der Waals surface area contributed by atoms with Gasteiger partial charge in [0.15, 0.2) is 8.07 Å². The Bertz CT molecular complexity index is 4410. The number of nitrogens with zero attached hydrogens (tertiary/aromatic N) is 3. The third-order valence-electron chi connectivity index (χ3n) is 16.0. The average molecular weight is 984 g/mol. The number of benzene rings is 12. The molecular formula is C72H49N3Si. The minimum Gasteiger partial charge on any atom is -0.311 e. The van der Waals surface area contributed by atoms with Gasteiger partial charge >= 0.3 is 0 Å². The van der Waals surface area contributed by atoms with Gasteiger partial charge in [0.1, 0.15) is 0 Å². The Morgan fingerprint density at radius 3 is 1.11 bits per heavy atom. The van der Waals surface area contributed by atoms with E-state index < -0.39 is 8.07 Å². The lowest BCUT2D eigenvalue weighted by Crippen LogP contribution is -2.74. The molecule has 0 aliphatic heterocycles. The molecule has 0 atom stereocenters. The van der Waals surface area contributed by atoms with Gasteiger partial charge in [-0.15, -0.1) is 0 Å². The molecule has 0 aliphatic carbocycles. The molecule has 0 N–H and O–H groups in total. The number of fused-ring (bicyclic) bond motifs is 9. The SMILES string of the molecule is c1ccc(-n2c3ccccc3c3cc(-c4ccc(N(c5ccc(-c6cc7c8ccccc8n8c9ccccc9c(c6)c78)cc5)c5ccc([Si](c6ccccc6)(c6ccccc6)c6ccccc6)cc5)cc4)ccc32)cc1. The standard InChI is InChI=1S/C72H49N3Si/c1-5-19-54(20-6-1)74-68-30-16-13-27-62(68)65-47-52(37-46-71(65)74)50-33-38-55(39-34-50)73(57-42-44-61(45-43-57)76(58-21-7-2-8-22-58,59-23-9-3-10-24-59)60-25-11-4-12-26-60)56-40-35-51(36-41-56)53-48-66-63-28-14-17-31-69(63)75-70-32-18-15-29-64(70)67(49-53)72(66)75/h1-49H. The summed E-state index contributed by atoms with van der Waals surface area (Å²) in [5, 5.41) is 13.0. The first-order valence-corrected chi connectivity index (χ1v) is 28.2. The van der Waals surface area contributed by atoms with Gasteiger partial charge in [-0.25, -0.2) is 0 Å². The predicted molar refractivity (Wildman–Crippen MR) is 325 cm³/mol. The van der Waals surface area contributed by atoms with E-state index in [9.17, 15) is 0 Å². The lowest BCUT2D eigenvalue weighted by molar-refractivity contribution is 1.18. The van der Waals surface area contributed by atoms with Gasteiger partial charge in [-0.05, 0) is 134 Å². The van der Waals surface area contributed by atoms with E-state index in [0.29, 0.717) is 0 Å². The van der Waals surface area contributed by atoms with Crippen molar-refractivity contribution in [1.29, 1.82) is 0 Å². The monoisotopic (exact) mass is 983 g/mol. The van der Waals surface area contributed by atoms with Crippen LogP contribution in [0.3, 0.4) is 0 Å². The Kier molecular flexibility index (Phi) is 10.2. The van der Waals surface area contributed by atoms with Crippen molar-refractivity contribution in [2.75, 3.05) is 4.90 Å². The first-order valence-electron chi connectivity index (χ1n) is 26.2. The van der Waals surface area contributed by atoms with Crippen LogP contribution in [0.2, 0.25) is 0 Å². The highest BCUT2D eigenvalue weighted by Gasteiger charge is 2.41. The van der Waals surface area contributed by atoms with Crippen molar-refractivity contribution < 1.29 is 0 Å². The van der Waals surface area contributed by atoms with Crippen LogP contribution in [0.4, 0.5) is 17.1 Å². The van der Waals surface area contributed by atoms with Crippen LogP contribution in [0.15, 0.2) is 297 Å². The van der Waals surface area contributed by atoms with Crippen LogP contribution in [0.5, 0.6) is 0 Å². The molecule has 3 aromatic heterocycles. The van der Waals surface area contributed by atoms with Gasteiger partial charge in [-0.2, -0.15) is 0 Å². The summed E-state index contributed by atoms with van der Waals surface area (Å²) in [6.45, 7) is 0. The predicted octanol–water partition coefficient (Wildman–Crippen LogP) is 16.1. The van der Waals surface area contributed by atoms with Gasteiger partial charge < -0.3 is 13.9 Å². The highest BCUT2D eigenvalue weighted by Crippen LogP contribution is 2.43. The fourth-order valence-electron chi connectivity index (χ4n) is 12.6. The van der Waals surface area contributed by atoms with E-state index in [0.717, 1.165) is 22.7 Å². The molecule has 4 heteroatoms. The summed E-state index contributed by atoms with van der Waals surface area (Å²) in [6, 6.07) is 110. The van der Waals surface area contributed by atoms with Gasteiger partial charge in [-0.1, -0.05) is 206 Å². The fraction of sp³-hybridized carbons (Fsp3) is 0. The molecule has 0 saturated carbocycles. The Balaban J connectivity index is 0.865. The molecular weight excluding hydrogens is 935 g/mol. The molecule has 3 nitrogen and oxygen atoms in total. The second-order valence-electron chi connectivity index (χ2n) is 20.0. The molecule has 15 rings (SSSR count). The zero-order valence-electron chi connectivity index (χ0n) is 41.6. The van der Waals surface area contributed by atoms with E-state index in [1.54, 1.807) is 0 Å². The van der Waals surface area contributed by atoms with Crippen molar-refractivity contribution in [3.05, 3.63) is 297 Å². The topological polar surface area (TPSA) is 12.6 Å². The van der Waals surface area contributed by atoms with Crippen molar-refractivity contribution in [2.24, 2.45) is 0 Å². The normalized spacial score (nSPS) is 11.9. The maximum Gasteiger partial charge on any atom is 0.179 e. The van der Waals surface area contributed by atoms with Crippen molar-refractivity contribution in [2.45, 2.75) is 0 Å². The van der Waals surface area contributed by atoms with E-state index in [-0.39, 0.29) is 0 Å². The number of rotatable bonds is 10. The third-order valence-corrected chi connectivity index (χ3v) is 20.8. The first kappa shape index (κ1) is 43.8. The first-order chi connectivity index (χ1) is 37.7. The summed E-state index contributed by atoms with van der Waals surface area (Å²) >= 11 is 0. The van der Waals surface area contributed by atoms with Gasteiger partial charge in [0.25, 0.3) is 0 Å². The molecule has 0 fully saturated rings. The second-order valence-corrected chi connectivity index (χ2v) is 23.8. The molecule has 0 radical (unpaired) electrons. The Hall–Kier alpha value is -9.74. The average Bonchev–Trinajstić information content (AvgIpc) is 4.23. The Morgan fingerprint density at radius 1 is 0.250 bits per heavy atom. The molecule has 356 valence electrons. The van der Waals surface area contributed by atoms with Gasteiger partial charge in [0.2, 0.25) is 0 Å². The lowest BCUT2D eigenvalue weighted by atomic mass is 9.99. The molecule has 0 unspecified atom stereocenters. The van der Waals surface area contributed by atoms with Crippen LogP contribution in [0, 0.1) is 0 Å². The summed E-state index contributed by atoms with van der Waals surface area (Å²) in [5.74, 6) is 0. The van der Waals surface area contributed by atoms with E-state index in [2.05, 4.69) is 311 Å². The van der Waals surface area contributed by atoms with Crippen LogP contribution in [0.25, 0.3) is 87.8 Å². The molecule has 0 aliphatic rings. The zero-order chi connectivity index (χ0) is 50.2. The van der Waals surface area contributed by atoms with Crippen molar-refractivity contribution in [3.8, 4) is 27.9 Å². The Morgan fingerprint density at radius 2 is 0.605 bits per heavy atom. The summed E-state index contributed by atoms with van der Waals surface area (Å²) < 4.78 is 4.83. The molecule has 12 aromatic carbocycles. The quantitative estimate of drug-likeness (QED) is 0.0983. The molecule has 15 aromatic rings. The van der Waals surface area contributed by atoms with Gasteiger partial charge in [-0.3, -0.25) is 0 Å². The van der Waals surface area contributed by atoms with E-state index in [1.165, 1.54) is 103 Å². The number of hydrogen-bond donors (Lipinski definition) is 0. The molecule has 0 saturated heterocycles. The highest BCUT2D eigenvalue weighted by molar-refractivity contribution is 7.19. The summed E-state index contributed by atoms with van der Waals surface area (Å²) in [4.78, 5) is 2.41. The fourth-order valence-corrected chi connectivity index (χ4v) is 17.3. The van der Waals surface area contributed by atoms with Crippen LogP contribution in [-0.4, -0.2) is 17.0 Å². The third kappa shape index (κ3) is 6.81. The zero-order valence-corrected chi connectivity index (χ0v) is 42.6. The summed E-state index contributed by atoms with van der Waals surface area (Å²) in [6.07, 6.45) is 0. The van der Waals surface area contributed by atoms with E-state index in [1.807, 2.05) is 0 Å². The smallest absolute Gasteiger partial charge is 0.179 e. The molecule has 3 heterocycles. The minimum atomic E-state index is -2.74. The summed E-state index contributed by atoms with van der Waals surface area (Å²) in [5.41, 5.74) is 15.4. The van der Waals surface area contributed by atoms with Crippen molar-refractivity contribution in [3.63, 3.8) is 0 Å². The summed E-state index contributed by atoms with van der Waals surface area (Å²) in [7, 11) is -2.74. The van der Waals surface area contributed by atoms with Crippen molar-refractivity contribution >= 4 is 106 Å². The number of para-hydroxylation sites is 4. The maximum absolute atomic E-state index is 2.74. The highest BCUT2D eigenvalue weighted by atomic mass is 28.3. The van der Waals surface area contributed by atoms with Crippen LogP contribution < -0.4 is 25.6 Å².